The highest BCUT2D eigenvalue weighted by molar-refractivity contribution is 7.87. The Labute approximate surface area is 264 Å². The molecule has 0 unspecified atom stereocenters. The van der Waals surface area contributed by atoms with Gasteiger partial charge in [0, 0.05) is 16.2 Å². The van der Waals surface area contributed by atoms with Crippen LogP contribution in [0.15, 0.2) is 30.3 Å². The Morgan fingerprint density at radius 3 is 1.83 bits per heavy atom. The maximum Gasteiger partial charge on any atom is 0.312 e. The second kappa shape index (κ2) is 10.7. The third-order valence-electron chi connectivity index (χ3n) is 7.58. The number of ketones is 2. The van der Waals surface area contributed by atoms with Gasteiger partial charge in [0.25, 0.3) is 0 Å². The number of pyridine rings is 1. The second-order valence-corrected chi connectivity index (χ2v) is 14.0. The average molecular weight is 692 g/mol. The van der Waals surface area contributed by atoms with Crippen LogP contribution < -0.4 is 4.18 Å². The van der Waals surface area contributed by atoms with Crippen LogP contribution >= 0.6 is 69.6 Å². The van der Waals surface area contributed by atoms with Crippen molar-refractivity contribution in [1.29, 1.82) is 0 Å². The summed E-state index contributed by atoms with van der Waals surface area (Å²) >= 11 is 38.6. The number of nitrogens with zero attached hydrogens (tertiary/aromatic N) is 1. The molecule has 41 heavy (non-hydrogen) atoms. The van der Waals surface area contributed by atoms with Crippen LogP contribution in [0, 0.1) is 0 Å². The number of hydrogen-bond acceptors (Lipinski definition) is 6. The van der Waals surface area contributed by atoms with Gasteiger partial charge >= 0.3 is 10.1 Å². The van der Waals surface area contributed by atoms with E-state index in [-0.39, 0.29) is 69.0 Å². The van der Waals surface area contributed by atoms with E-state index in [2.05, 4.69) is 4.98 Å². The van der Waals surface area contributed by atoms with Gasteiger partial charge in [-0.3, -0.25) is 9.59 Å². The zero-order chi connectivity index (χ0) is 29.4. The highest BCUT2D eigenvalue weighted by Gasteiger charge is 2.45. The van der Waals surface area contributed by atoms with Gasteiger partial charge in [0.05, 0.1) is 52.2 Å². The van der Waals surface area contributed by atoms with Crippen molar-refractivity contribution in [2.24, 2.45) is 0 Å². The number of benzene rings is 3. The lowest BCUT2D eigenvalue weighted by molar-refractivity contribution is 0.0888. The predicted molar refractivity (Wildman–Crippen MR) is 164 cm³/mol. The molecular weight excluding hydrogens is 675 g/mol. The molecule has 0 amide bonds. The Bertz CT molecular complexity index is 1870. The third-order valence-corrected chi connectivity index (χ3v) is 11.8. The summed E-state index contributed by atoms with van der Waals surface area (Å²) in [5.41, 5.74) is -0.0177. The van der Waals surface area contributed by atoms with Crippen molar-refractivity contribution in [2.75, 3.05) is 0 Å². The normalized spacial score (nSPS) is 16.6. The Morgan fingerprint density at radius 2 is 1.27 bits per heavy atom. The summed E-state index contributed by atoms with van der Waals surface area (Å²) < 4.78 is 31.7. The first kappa shape index (κ1) is 29.2. The molecule has 0 N–H and O–H groups in total. The van der Waals surface area contributed by atoms with E-state index in [9.17, 15) is 18.0 Å². The Balaban J connectivity index is 1.48. The van der Waals surface area contributed by atoms with Gasteiger partial charge in [-0.25, -0.2) is 4.98 Å². The second-order valence-electron chi connectivity index (χ2n) is 9.95. The fourth-order valence-corrected chi connectivity index (χ4v) is 8.89. The minimum Gasteiger partial charge on any atom is -0.380 e. The van der Waals surface area contributed by atoms with Gasteiger partial charge in [-0.05, 0) is 25.0 Å². The van der Waals surface area contributed by atoms with Gasteiger partial charge in [-0.15, -0.1) is 0 Å². The topological polar surface area (TPSA) is 90.4 Å². The standard InChI is InChI=1S/C28H17Cl6NO5S/c29-20-16-17(23(32)25(34)24(33)22(16)31)21(30)19-18(20)27(36)15(28(19)37)13-10-9-11-5-4-8-14(26(11)35-13)40-41(38,39)12-6-2-1-3-7-12/h4-5,8-10,12,15H,1-3,6-7H2. The molecule has 4 aromatic rings. The zero-order valence-electron chi connectivity index (χ0n) is 20.7. The Morgan fingerprint density at radius 1 is 0.707 bits per heavy atom. The molecular formula is C28H17Cl6NO5S. The molecule has 1 fully saturated rings. The molecule has 0 atom stereocenters. The first-order valence-electron chi connectivity index (χ1n) is 12.5. The lowest BCUT2D eigenvalue weighted by atomic mass is 9.98. The maximum absolute atomic E-state index is 13.8. The minimum atomic E-state index is -3.93. The molecule has 13 heteroatoms. The molecule has 6 rings (SSSR count). The van der Waals surface area contributed by atoms with E-state index >= 15 is 0 Å². The van der Waals surface area contributed by atoms with Crippen LogP contribution in [-0.4, -0.2) is 30.2 Å². The summed E-state index contributed by atoms with van der Waals surface area (Å²) in [6, 6.07) is 8.01. The molecule has 1 heterocycles. The minimum absolute atomic E-state index is 0.00924. The lowest BCUT2D eigenvalue weighted by Gasteiger charge is -2.21. The Kier molecular flexibility index (Phi) is 7.63. The highest BCUT2D eigenvalue weighted by Crippen LogP contribution is 2.53. The van der Waals surface area contributed by atoms with Crippen molar-refractivity contribution >= 4 is 113 Å². The summed E-state index contributed by atoms with van der Waals surface area (Å²) in [5, 5.41) is -0.456. The van der Waals surface area contributed by atoms with E-state index in [1.165, 1.54) is 12.1 Å². The monoisotopic (exact) mass is 689 g/mol. The summed E-state index contributed by atoms with van der Waals surface area (Å²) in [4.78, 5) is 32.1. The number of Topliss-reactive ketones (excluding diaryl/α,β-unsaturated/α-hetero) is 2. The molecule has 2 aliphatic carbocycles. The van der Waals surface area contributed by atoms with E-state index < -0.39 is 32.9 Å². The van der Waals surface area contributed by atoms with Crippen molar-refractivity contribution < 1.29 is 22.2 Å². The molecule has 0 saturated heterocycles. The van der Waals surface area contributed by atoms with Crippen molar-refractivity contribution in [3.8, 4) is 5.75 Å². The number of rotatable bonds is 4. The van der Waals surface area contributed by atoms with E-state index in [1.54, 1.807) is 18.2 Å². The Hall–Kier alpha value is -1.84. The quantitative estimate of drug-likeness (QED) is 0.0917. The molecule has 1 saturated carbocycles. The van der Waals surface area contributed by atoms with Gasteiger partial charge in [0.2, 0.25) is 0 Å². The fraction of sp³-hybridized carbons (Fsp3) is 0.250. The van der Waals surface area contributed by atoms with Gasteiger partial charge in [0.1, 0.15) is 11.4 Å². The number of hydrogen-bond donors (Lipinski definition) is 0. The van der Waals surface area contributed by atoms with Crippen molar-refractivity contribution in [3.63, 3.8) is 0 Å². The van der Waals surface area contributed by atoms with E-state index in [0.717, 1.165) is 19.3 Å². The third kappa shape index (κ3) is 4.60. The van der Waals surface area contributed by atoms with Crippen LogP contribution in [0.3, 0.4) is 0 Å². The molecule has 0 radical (unpaired) electrons. The number of aromatic nitrogens is 1. The molecule has 3 aromatic carbocycles. The molecule has 1 aromatic heterocycles. The largest absolute Gasteiger partial charge is 0.380 e. The molecule has 0 aliphatic heterocycles. The van der Waals surface area contributed by atoms with Crippen molar-refractivity contribution in [3.05, 3.63) is 77.3 Å². The predicted octanol–water partition coefficient (Wildman–Crippen LogP) is 9.51. The maximum atomic E-state index is 13.8. The van der Waals surface area contributed by atoms with E-state index in [4.69, 9.17) is 73.8 Å². The van der Waals surface area contributed by atoms with Crippen molar-refractivity contribution in [2.45, 2.75) is 43.3 Å². The fourth-order valence-electron chi connectivity index (χ4n) is 5.56. The zero-order valence-corrected chi connectivity index (χ0v) is 26.1. The number of fused-ring (bicyclic) bond motifs is 3. The van der Waals surface area contributed by atoms with Crippen LogP contribution in [0.4, 0.5) is 0 Å². The van der Waals surface area contributed by atoms with E-state index in [0.29, 0.717) is 18.2 Å². The van der Waals surface area contributed by atoms with Crippen molar-refractivity contribution in [1.82, 2.24) is 4.98 Å². The number of para-hydroxylation sites is 1. The SMILES string of the molecule is O=C1c2c(c(Cl)c3c(Cl)c(Cl)c(Cl)c(Cl)c3c2Cl)C(=O)C1c1ccc2cccc(OS(=O)(=O)C3CCCCC3)c2n1. The molecule has 212 valence electrons. The van der Waals surface area contributed by atoms with Gasteiger partial charge in [-0.2, -0.15) is 8.42 Å². The molecule has 2 aliphatic rings. The average Bonchev–Trinajstić information content (AvgIpc) is 3.23. The number of carbonyl (C=O) groups is 2. The summed E-state index contributed by atoms with van der Waals surface area (Å²) in [6.07, 6.45) is 3.66. The summed E-state index contributed by atoms with van der Waals surface area (Å²) in [6.45, 7) is 0. The smallest absolute Gasteiger partial charge is 0.312 e. The number of halogens is 6. The summed E-state index contributed by atoms with van der Waals surface area (Å²) in [5.74, 6) is -2.71. The molecule has 0 spiro atoms. The van der Waals surface area contributed by atoms with Crippen LogP contribution in [0.2, 0.25) is 30.1 Å². The van der Waals surface area contributed by atoms with Gasteiger partial charge in [0.15, 0.2) is 17.3 Å². The van der Waals surface area contributed by atoms with Gasteiger partial charge in [-0.1, -0.05) is 107 Å². The first-order chi connectivity index (χ1) is 19.4. The summed E-state index contributed by atoms with van der Waals surface area (Å²) in [7, 11) is -3.93. The highest BCUT2D eigenvalue weighted by atomic mass is 35.5. The molecule has 0 bridgehead atoms. The van der Waals surface area contributed by atoms with Gasteiger partial charge < -0.3 is 4.18 Å². The van der Waals surface area contributed by atoms with Crippen LogP contribution in [0.1, 0.15) is 64.4 Å². The van der Waals surface area contributed by atoms with Crippen LogP contribution in [0.25, 0.3) is 21.7 Å². The molecule has 6 nitrogen and oxygen atoms in total. The first-order valence-corrected chi connectivity index (χ1v) is 16.3. The number of carbonyl (C=O) groups excluding carboxylic acids is 2. The van der Waals surface area contributed by atoms with Crippen LogP contribution in [0.5, 0.6) is 5.75 Å². The van der Waals surface area contributed by atoms with E-state index in [1.807, 2.05) is 0 Å². The van der Waals surface area contributed by atoms with Crippen LogP contribution in [-0.2, 0) is 10.1 Å². The lowest BCUT2D eigenvalue weighted by Crippen LogP contribution is -2.28.